The molecule has 1 aromatic heterocycles. The third-order valence-electron chi connectivity index (χ3n) is 6.55. The Morgan fingerprint density at radius 3 is 2.68 bits per heavy atom. The van der Waals surface area contributed by atoms with Crippen molar-refractivity contribution in [3.05, 3.63) is 58.8 Å². The SMILES string of the molecule is COc1ccc(CNC2CCCC(C)C2C)c2cc(C(=O)Nc3ccc(Cl)cc3)oc12. The Morgan fingerprint density at radius 1 is 1.16 bits per heavy atom. The summed E-state index contributed by atoms with van der Waals surface area (Å²) in [6, 6.07) is 13.2. The number of methoxy groups -OCH3 is 1. The van der Waals surface area contributed by atoms with Gasteiger partial charge in [0.15, 0.2) is 17.1 Å². The van der Waals surface area contributed by atoms with Crippen molar-refractivity contribution in [3.63, 3.8) is 0 Å². The zero-order chi connectivity index (χ0) is 22.0. The molecule has 1 heterocycles. The third kappa shape index (κ3) is 4.73. The van der Waals surface area contributed by atoms with E-state index >= 15 is 0 Å². The summed E-state index contributed by atoms with van der Waals surface area (Å²) in [5.41, 5.74) is 2.34. The number of benzene rings is 2. The minimum atomic E-state index is -0.311. The number of halogens is 1. The van der Waals surface area contributed by atoms with Crippen LogP contribution in [0.4, 0.5) is 5.69 Å². The number of furan rings is 1. The van der Waals surface area contributed by atoms with Gasteiger partial charge >= 0.3 is 0 Å². The van der Waals surface area contributed by atoms with E-state index in [0.29, 0.717) is 34.0 Å². The van der Waals surface area contributed by atoms with Crippen LogP contribution in [0.2, 0.25) is 5.02 Å². The second-order valence-electron chi connectivity index (χ2n) is 8.50. The van der Waals surface area contributed by atoms with Crippen molar-refractivity contribution in [2.75, 3.05) is 12.4 Å². The molecule has 1 fully saturated rings. The van der Waals surface area contributed by atoms with Crippen LogP contribution in [0.1, 0.15) is 49.2 Å². The smallest absolute Gasteiger partial charge is 0.291 e. The van der Waals surface area contributed by atoms with Gasteiger partial charge in [-0.25, -0.2) is 0 Å². The monoisotopic (exact) mass is 440 g/mol. The Balaban J connectivity index is 1.56. The first-order valence-electron chi connectivity index (χ1n) is 10.9. The molecule has 1 amide bonds. The number of anilines is 1. The molecule has 4 rings (SSSR count). The molecule has 2 aromatic carbocycles. The van der Waals surface area contributed by atoms with Crippen LogP contribution < -0.4 is 15.4 Å². The fourth-order valence-corrected chi connectivity index (χ4v) is 4.54. The molecule has 1 aliphatic rings. The van der Waals surface area contributed by atoms with Crippen molar-refractivity contribution in [2.24, 2.45) is 11.8 Å². The van der Waals surface area contributed by atoms with Crippen LogP contribution in [0, 0.1) is 11.8 Å². The van der Waals surface area contributed by atoms with Gasteiger partial charge < -0.3 is 19.8 Å². The topological polar surface area (TPSA) is 63.5 Å². The summed E-state index contributed by atoms with van der Waals surface area (Å²) in [6.07, 6.45) is 3.77. The average Bonchev–Trinajstić information content (AvgIpc) is 3.22. The predicted molar refractivity (Wildman–Crippen MR) is 125 cm³/mol. The second-order valence-corrected chi connectivity index (χ2v) is 8.93. The summed E-state index contributed by atoms with van der Waals surface area (Å²) in [4.78, 5) is 12.8. The van der Waals surface area contributed by atoms with E-state index < -0.39 is 0 Å². The normalized spacial score (nSPS) is 21.2. The van der Waals surface area contributed by atoms with Crippen molar-refractivity contribution >= 4 is 34.2 Å². The van der Waals surface area contributed by atoms with E-state index in [2.05, 4.69) is 24.5 Å². The van der Waals surface area contributed by atoms with E-state index in [1.54, 1.807) is 37.4 Å². The summed E-state index contributed by atoms with van der Waals surface area (Å²) >= 11 is 5.92. The number of fused-ring (bicyclic) bond motifs is 1. The van der Waals surface area contributed by atoms with Crippen molar-refractivity contribution in [1.82, 2.24) is 5.32 Å². The van der Waals surface area contributed by atoms with Crippen LogP contribution >= 0.6 is 11.6 Å². The fraction of sp³-hybridized carbons (Fsp3) is 0.400. The van der Waals surface area contributed by atoms with Gasteiger partial charge in [-0.15, -0.1) is 0 Å². The first-order chi connectivity index (χ1) is 15.0. The Kier molecular flexibility index (Phi) is 6.54. The first kappa shape index (κ1) is 21.7. The van der Waals surface area contributed by atoms with E-state index in [0.717, 1.165) is 23.4 Å². The molecule has 2 N–H and O–H groups in total. The number of carbonyl (C=O) groups excluding carboxylic acids is 1. The minimum Gasteiger partial charge on any atom is -0.493 e. The number of nitrogens with one attached hydrogen (secondary N) is 2. The molecule has 0 bridgehead atoms. The number of amides is 1. The molecule has 3 atom stereocenters. The van der Waals surface area contributed by atoms with E-state index in [1.165, 1.54) is 19.3 Å². The maximum Gasteiger partial charge on any atom is 0.291 e. The third-order valence-corrected chi connectivity index (χ3v) is 6.80. The van der Waals surface area contributed by atoms with Crippen LogP contribution in [-0.2, 0) is 6.54 Å². The summed E-state index contributed by atoms with van der Waals surface area (Å²) in [7, 11) is 1.60. The minimum absolute atomic E-state index is 0.246. The molecule has 164 valence electrons. The van der Waals surface area contributed by atoms with Gasteiger partial charge in [0.05, 0.1) is 7.11 Å². The molecule has 6 heteroatoms. The molecule has 31 heavy (non-hydrogen) atoms. The van der Waals surface area contributed by atoms with Crippen molar-refractivity contribution < 1.29 is 13.9 Å². The Hall–Kier alpha value is -2.50. The second kappa shape index (κ2) is 9.33. The standard InChI is InChI=1S/C25H29ClN2O3/c1-15-5-4-6-21(16(15)2)27-14-17-7-12-22(30-3)24-20(17)13-23(31-24)25(29)28-19-10-8-18(26)9-11-19/h7-13,15-16,21,27H,4-6,14H2,1-3H3,(H,28,29). The lowest BCUT2D eigenvalue weighted by Gasteiger charge is -2.34. The van der Waals surface area contributed by atoms with Crippen molar-refractivity contribution in [2.45, 2.75) is 45.7 Å². The fourth-order valence-electron chi connectivity index (χ4n) is 4.42. The largest absolute Gasteiger partial charge is 0.493 e. The highest BCUT2D eigenvalue weighted by molar-refractivity contribution is 6.30. The van der Waals surface area contributed by atoms with Gasteiger partial charge in [0.1, 0.15) is 0 Å². The Labute approximate surface area is 188 Å². The lowest BCUT2D eigenvalue weighted by molar-refractivity contribution is 0.0998. The Morgan fingerprint density at radius 2 is 1.94 bits per heavy atom. The first-order valence-corrected chi connectivity index (χ1v) is 11.2. The zero-order valence-electron chi connectivity index (χ0n) is 18.2. The van der Waals surface area contributed by atoms with Crippen LogP contribution in [0.3, 0.4) is 0 Å². The molecule has 3 unspecified atom stereocenters. The van der Waals surface area contributed by atoms with Crippen molar-refractivity contribution in [3.8, 4) is 5.75 Å². The molecular formula is C25H29ClN2O3. The van der Waals surface area contributed by atoms with Crippen LogP contribution in [-0.4, -0.2) is 19.1 Å². The highest BCUT2D eigenvalue weighted by Crippen LogP contribution is 2.33. The van der Waals surface area contributed by atoms with Gasteiger partial charge in [-0.05, 0) is 60.2 Å². The highest BCUT2D eigenvalue weighted by Gasteiger charge is 2.27. The van der Waals surface area contributed by atoms with Gasteiger partial charge in [-0.1, -0.05) is 44.4 Å². The van der Waals surface area contributed by atoms with Gasteiger partial charge in [-0.3, -0.25) is 4.79 Å². The molecule has 1 aliphatic carbocycles. The lowest BCUT2D eigenvalue weighted by atomic mass is 9.78. The quantitative estimate of drug-likeness (QED) is 0.474. The predicted octanol–water partition coefficient (Wildman–Crippen LogP) is 6.26. The molecule has 5 nitrogen and oxygen atoms in total. The molecule has 0 spiro atoms. The zero-order valence-corrected chi connectivity index (χ0v) is 19.0. The molecule has 0 radical (unpaired) electrons. The maximum absolute atomic E-state index is 12.8. The summed E-state index contributed by atoms with van der Waals surface area (Å²) in [5, 5.41) is 8.09. The molecule has 0 aliphatic heterocycles. The van der Waals surface area contributed by atoms with Gasteiger partial charge in [0.2, 0.25) is 0 Å². The van der Waals surface area contributed by atoms with E-state index in [1.807, 2.05) is 12.1 Å². The summed E-state index contributed by atoms with van der Waals surface area (Å²) in [6.45, 7) is 5.40. The maximum atomic E-state index is 12.8. The highest BCUT2D eigenvalue weighted by atomic mass is 35.5. The van der Waals surface area contributed by atoms with E-state index in [-0.39, 0.29) is 11.7 Å². The molecular weight excluding hydrogens is 412 g/mol. The number of ether oxygens (including phenoxy) is 1. The number of rotatable bonds is 6. The molecule has 3 aromatic rings. The summed E-state index contributed by atoms with van der Waals surface area (Å²) < 4.78 is 11.4. The van der Waals surface area contributed by atoms with Gasteiger partial charge in [0, 0.05) is 28.7 Å². The average molecular weight is 441 g/mol. The van der Waals surface area contributed by atoms with Crippen LogP contribution in [0.25, 0.3) is 11.0 Å². The molecule has 1 saturated carbocycles. The van der Waals surface area contributed by atoms with E-state index in [4.69, 9.17) is 20.8 Å². The van der Waals surface area contributed by atoms with Gasteiger partial charge in [0.25, 0.3) is 5.91 Å². The lowest BCUT2D eigenvalue weighted by Crippen LogP contribution is -2.40. The number of carbonyl (C=O) groups is 1. The number of hydrogen-bond donors (Lipinski definition) is 2. The van der Waals surface area contributed by atoms with Crippen LogP contribution in [0.15, 0.2) is 46.9 Å². The van der Waals surface area contributed by atoms with Crippen LogP contribution in [0.5, 0.6) is 5.75 Å². The Bertz CT molecular complexity index is 1060. The number of hydrogen-bond acceptors (Lipinski definition) is 4. The summed E-state index contributed by atoms with van der Waals surface area (Å²) in [5.74, 6) is 1.93. The van der Waals surface area contributed by atoms with Gasteiger partial charge in [-0.2, -0.15) is 0 Å². The van der Waals surface area contributed by atoms with Crippen molar-refractivity contribution in [1.29, 1.82) is 0 Å². The van der Waals surface area contributed by atoms with E-state index in [9.17, 15) is 4.79 Å². The molecule has 0 saturated heterocycles.